The fourth-order valence-corrected chi connectivity index (χ4v) is 4.99. The molecule has 0 saturated heterocycles. The summed E-state index contributed by atoms with van der Waals surface area (Å²) in [7, 11) is 1.85. The minimum absolute atomic E-state index is 0.0482. The Labute approximate surface area is 199 Å². The second kappa shape index (κ2) is 7.66. The Bertz CT molecular complexity index is 1400. The van der Waals surface area contributed by atoms with Crippen LogP contribution in [0.25, 0.3) is 10.9 Å². The molecule has 1 saturated carbocycles. The van der Waals surface area contributed by atoms with Crippen LogP contribution in [0.4, 0.5) is 0 Å². The van der Waals surface area contributed by atoms with Crippen LogP contribution in [-0.4, -0.2) is 63.9 Å². The van der Waals surface area contributed by atoms with E-state index in [1.54, 1.807) is 21.8 Å². The molecular weight excluding hydrogens is 458 g/mol. The number of nitrogens with one attached hydrogen (secondary N) is 1. The zero-order valence-electron chi connectivity index (χ0n) is 18.4. The van der Waals surface area contributed by atoms with E-state index in [0.29, 0.717) is 43.2 Å². The van der Waals surface area contributed by atoms with E-state index in [1.165, 1.54) is 6.33 Å². The SMILES string of the molecule is Cn1c(C(=O)NC2CN(C(=O)C3(n4cnnn4)CC3)Cc3ccnn3C2)cc2cc(Cl)ccc21. The summed E-state index contributed by atoms with van der Waals surface area (Å²) in [5.74, 6) is -0.266. The molecular formula is C22H22ClN9O2. The van der Waals surface area contributed by atoms with E-state index in [1.807, 2.05) is 40.6 Å². The van der Waals surface area contributed by atoms with Crippen LogP contribution in [0, 0.1) is 0 Å². The molecule has 174 valence electrons. The number of halogens is 1. The van der Waals surface area contributed by atoms with Crippen LogP contribution >= 0.6 is 11.6 Å². The van der Waals surface area contributed by atoms with Gasteiger partial charge in [0.05, 0.1) is 24.8 Å². The van der Waals surface area contributed by atoms with Gasteiger partial charge < -0.3 is 14.8 Å². The summed E-state index contributed by atoms with van der Waals surface area (Å²) in [6.07, 6.45) is 4.56. The Balaban J connectivity index is 1.28. The van der Waals surface area contributed by atoms with Gasteiger partial charge in [0.1, 0.15) is 17.6 Å². The van der Waals surface area contributed by atoms with Gasteiger partial charge in [0.25, 0.3) is 11.8 Å². The number of aryl methyl sites for hydroxylation is 1. The molecule has 1 fully saturated rings. The maximum absolute atomic E-state index is 13.6. The molecule has 1 unspecified atom stereocenters. The van der Waals surface area contributed by atoms with Gasteiger partial charge in [-0.25, -0.2) is 4.68 Å². The Hall–Kier alpha value is -3.73. The summed E-state index contributed by atoms with van der Waals surface area (Å²) in [5, 5.41) is 20.4. The van der Waals surface area contributed by atoms with Crippen molar-refractivity contribution in [3.8, 4) is 0 Å². The lowest BCUT2D eigenvalue weighted by atomic mass is 10.2. The molecule has 4 aromatic rings. The topological polar surface area (TPSA) is 116 Å². The minimum Gasteiger partial charge on any atom is -0.344 e. The molecule has 1 aliphatic heterocycles. The third-order valence-corrected chi connectivity index (χ3v) is 7.00. The van der Waals surface area contributed by atoms with Crippen molar-refractivity contribution >= 4 is 34.3 Å². The van der Waals surface area contributed by atoms with Crippen molar-refractivity contribution in [2.75, 3.05) is 6.54 Å². The number of amides is 2. The normalized spacial score (nSPS) is 19.0. The van der Waals surface area contributed by atoms with Crippen LogP contribution in [0.15, 0.2) is 42.9 Å². The molecule has 6 rings (SSSR count). The van der Waals surface area contributed by atoms with Crippen LogP contribution in [0.2, 0.25) is 5.02 Å². The number of nitrogens with zero attached hydrogens (tertiary/aromatic N) is 8. The van der Waals surface area contributed by atoms with Crippen molar-refractivity contribution in [2.24, 2.45) is 7.05 Å². The average molecular weight is 480 g/mol. The summed E-state index contributed by atoms with van der Waals surface area (Å²) in [6.45, 7) is 1.22. The summed E-state index contributed by atoms with van der Waals surface area (Å²) < 4.78 is 5.23. The fourth-order valence-electron chi connectivity index (χ4n) is 4.81. The lowest BCUT2D eigenvalue weighted by Gasteiger charge is -2.28. The molecule has 3 aromatic heterocycles. The highest BCUT2D eigenvalue weighted by Gasteiger charge is 2.55. The summed E-state index contributed by atoms with van der Waals surface area (Å²) >= 11 is 6.12. The molecule has 1 atom stereocenters. The van der Waals surface area contributed by atoms with Gasteiger partial charge in [0.15, 0.2) is 0 Å². The van der Waals surface area contributed by atoms with Gasteiger partial charge in [-0.2, -0.15) is 5.10 Å². The first-order valence-electron chi connectivity index (χ1n) is 11.0. The molecule has 1 aliphatic carbocycles. The number of aromatic nitrogens is 7. The molecule has 1 aromatic carbocycles. The van der Waals surface area contributed by atoms with Crippen molar-refractivity contribution in [1.82, 2.24) is 44.8 Å². The lowest BCUT2D eigenvalue weighted by Crippen LogP contribution is -2.49. The van der Waals surface area contributed by atoms with Gasteiger partial charge in [-0.05, 0) is 53.6 Å². The third-order valence-electron chi connectivity index (χ3n) is 6.76. The maximum atomic E-state index is 13.6. The predicted octanol–water partition coefficient (Wildman–Crippen LogP) is 1.34. The van der Waals surface area contributed by atoms with Gasteiger partial charge in [-0.15, -0.1) is 5.10 Å². The molecule has 2 aliphatic rings. The van der Waals surface area contributed by atoms with Crippen LogP contribution in [0.5, 0.6) is 0 Å². The van der Waals surface area contributed by atoms with Crippen molar-refractivity contribution in [3.63, 3.8) is 0 Å². The fraction of sp³-hybridized carbons (Fsp3) is 0.364. The first kappa shape index (κ1) is 20.8. The quantitative estimate of drug-likeness (QED) is 0.472. The number of fused-ring (bicyclic) bond motifs is 2. The Morgan fingerprint density at radius 2 is 2.03 bits per heavy atom. The van der Waals surface area contributed by atoms with Crippen molar-refractivity contribution in [1.29, 1.82) is 0 Å². The maximum Gasteiger partial charge on any atom is 0.268 e. The zero-order valence-corrected chi connectivity index (χ0v) is 19.2. The highest BCUT2D eigenvalue weighted by Crippen LogP contribution is 2.44. The predicted molar refractivity (Wildman–Crippen MR) is 122 cm³/mol. The van der Waals surface area contributed by atoms with Crippen LogP contribution in [-0.2, 0) is 30.5 Å². The summed E-state index contributed by atoms with van der Waals surface area (Å²) in [5.41, 5.74) is 1.60. The minimum atomic E-state index is -0.748. The van der Waals surface area contributed by atoms with Gasteiger partial charge in [-0.3, -0.25) is 14.3 Å². The zero-order chi connectivity index (χ0) is 23.4. The van der Waals surface area contributed by atoms with Crippen molar-refractivity contribution in [2.45, 2.75) is 37.5 Å². The molecule has 4 heterocycles. The van der Waals surface area contributed by atoms with Gasteiger partial charge in [0.2, 0.25) is 0 Å². The summed E-state index contributed by atoms with van der Waals surface area (Å²) in [4.78, 5) is 28.7. The average Bonchev–Trinajstić information content (AvgIpc) is 3.13. The Morgan fingerprint density at radius 3 is 2.79 bits per heavy atom. The second-order valence-corrected chi connectivity index (χ2v) is 9.37. The third kappa shape index (κ3) is 3.35. The molecule has 34 heavy (non-hydrogen) atoms. The summed E-state index contributed by atoms with van der Waals surface area (Å²) in [6, 6.07) is 8.93. The molecule has 0 spiro atoms. The molecule has 0 bridgehead atoms. The van der Waals surface area contributed by atoms with E-state index >= 15 is 0 Å². The molecule has 12 heteroatoms. The first-order valence-corrected chi connectivity index (χ1v) is 11.4. The Kier molecular flexibility index (Phi) is 4.70. The number of carbonyl (C=O) groups excluding carboxylic acids is 2. The van der Waals surface area contributed by atoms with E-state index in [4.69, 9.17) is 11.6 Å². The van der Waals surface area contributed by atoms with Gasteiger partial charge in [-0.1, -0.05) is 11.6 Å². The van der Waals surface area contributed by atoms with E-state index < -0.39 is 5.54 Å². The van der Waals surface area contributed by atoms with Crippen LogP contribution in [0.3, 0.4) is 0 Å². The van der Waals surface area contributed by atoms with Crippen LogP contribution < -0.4 is 5.32 Å². The molecule has 11 nitrogen and oxygen atoms in total. The smallest absolute Gasteiger partial charge is 0.268 e. The number of rotatable bonds is 4. The molecule has 1 N–H and O–H groups in total. The number of carbonyl (C=O) groups is 2. The lowest BCUT2D eigenvalue weighted by molar-refractivity contribution is -0.137. The van der Waals surface area contributed by atoms with Gasteiger partial charge in [0, 0.05) is 35.7 Å². The number of hydrogen-bond donors (Lipinski definition) is 1. The first-order chi connectivity index (χ1) is 16.4. The van der Waals surface area contributed by atoms with Crippen molar-refractivity contribution in [3.05, 3.63) is 59.3 Å². The highest BCUT2D eigenvalue weighted by atomic mass is 35.5. The van der Waals surface area contributed by atoms with Crippen molar-refractivity contribution < 1.29 is 9.59 Å². The highest BCUT2D eigenvalue weighted by molar-refractivity contribution is 6.31. The van der Waals surface area contributed by atoms with Gasteiger partial charge >= 0.3 is 0 Å². The standard InChI is InChI=1S/C22H22ClN9O2/c1-29-18-3-2-15(23)8-14(18)9-19(29)20(33)26-16-10-30(12-17-4-7-25-31(17)11-16)21(34)22(5-6-22)32-13-24-27-28-32/h2-4,7-9,13,16H,5-6,10-12H2,1H3,(H,26,33). The van der Waals surface area contributed by atoms with E-state index in [9.17, 15) is 9.59 Å². The molecule has 0 radical (unpaired) electrons. The monoisotopic (exact) mass is 479 g/mol. The number of benzene rings is 1. The largest absolute Gasteiger partial charge is 0.344 e. The Morgan fingerprint density at radius 1 is 1.18 bits per heavy atom. The van der Waals surface area contributed by atoms with Crippen LogP contribution in [0.1, 0.15) is 29.0 Å². The number of tetrazole rings is 1. The van der Waals surface area contributed by atoms with E-state index in [-0.39, 0.29) is 17.9 Å². The van der Waals surface area contributed by atoms with E-state index in [0.717, 1.165) is 16.6 Å². The molecule has 2 amide bonds. The van der Waals surface area contributed by atoms with E-state index in [2.05, 4.69) is 25.9 Å². The number of hydrogen-bond acceptors (Lipinski definition) is 6. The second-order valence-electron chi connectivity index (χ2n) is 8.94.